The average Bonchev–Trinajstić information content (AvgIpc) is 2.31. The van der Waals surface area contributed by atoms with E-state index in [-0.39, 0.29) is 0 Å². The molecule has 1 rings (SSSR count). The summed E-state index contributed by atoms with van der Waals surface area (Å²) >= 11 is 0. The summed E-state index contributed by atoms with van der Waals surface area (Å²) in [6.45, 7) is 5.16. The first kappa shape index (κ1) is 13.8. The highest BCUT2D eigenvalue weighted by molar-refractivity contribution is 5.39. The molecular weight excluding hydrogens is 214 g/mol. The van der Waals surface area contributed by atoms with Crippen molar-refractivity contribution in [1.82, 2.24) is 4.90 Å². The number of phenols is 1. The van der Waals surface area contributed by atoms with Gasteiger partial charge in [0.2, 0.25) is 0 Å². The quantitative estimate of drug-likeness (QED) is 0.825. The maximum Gasteiger partial charge on any atom is 0.123 e. The second kappa shape index (κ2) is 6.50. The van der Waals surface area contributed by atoms with Crippen LogP contribution in [0, 0.1) is 0 Å². The van der Waals surface area contributed by atoms with Gasteiger partial charge in [-0.3, -0.25) is 4.90 Å². The maximum absolute atomic E-state index is 9.88. The first-order valence-electron chi connectivity index (χ1n) is 6.14. The maximum atomic E-state index is 9.88. The first-order valence-corrected chi connectivity index (χ1v) is 6.14. The molecule has 1 aromatic rings. The van der Waals surface area contributed by atoms with Crippen LogP contribution in [0.4, 0.5) is 0 Å². The van der Waals surface area contributed by atoms with E-state index < -0.39 is 0 Å². The molecule has 3 nitrogen and oxygen atoms in total. The van der Waals surface area contributed by atoms with Crippen molar-refractivity contribution in [3.63, 3.8) is 0 Å². The van der Waals surface area contributed by atoms with Gasteiger partial charge in [0.15, 0.2) is 0 Å². The van der Waals surface area contributed by atoms with Crippen LogP contribution in [0.1, 0.15) is 32.3 Å². The Morgan fingerprint density at radius 2 is 2.12 bits per heavy atom. The Hall–Kier alpha value is -1.22. The fourth-order valence-electron chi connectivity index (χ4n) is 1.87. The molecule has 1 N–H and O–H groups in total. The van der Waals surface area contributed by atoms with Crippen molar-refractivity contribution in [1.29, 1.82) is 0 Å². The van der Waals surface area contributed by atoms with Gasteiger partial charge in [-0.05, 0) is 26.5 Å². The lowest BCUT2D eigenvalue weighted by Crippen LogP contribution is -2.28. The van der Waals surface area contributed by atoms with Crippen molar-refractivity contribution in [2.45, 2.75) is 39.3 Å². The van der Waals surface area contributed by atoms with Crippen LogP contribution in [-0.4, -0.2) is 30.2 Å². The minimum Gasteiger partial charge on any atom is -0.507 e. The van der Waals surface area contributed by atoms with Crippen molar-refractivity contribution in [3.05, 3.63) is 23.8 Å². The minimum absolute atomic E-state index is 0.305. The average molecular weight is 237 g/mol. The SMILES string of the molecule is CCCC(C)N(C)Cc1ccc(OC)cc1O. The molecule has 1 aromatic carbocycles. The molecule has 0 radical (unpaired) electrons. The van der Waals surface area contributed by atoms with Crippen LogP contribution in [0.5, 0.6) is 11.5 Å². The molecule has 0 heterocycles. The standard InChI is InChI=1S/C14H23NO2/c1-5-6-11(2)15(3)10-12-7-8-13(17-4)9-14(12)16/h7-9,11,16H,5-6,10H2,1-4H3. The lowest BCUT2D eigenvalue weighted by Gasteiger charge is -2.24. The molecule has 0 saturated heterocycles. The highest BCUT2D eigenvalue weighted by Gasteiger charge is 2.11. The summed E-state index contributed by atoms with van der Waals surface area (Å²) in [4.78, 5) is 2.25. The van der Waals surface area contributed by atoms with E-state index in [9.17, 15) is 5.11 Å². The van der Waals surface area contributed by atoms with Crippen molar-refractivity contribution in [2.75, 3.05) is 14.2 Å². The van der Waals surface area contributed by atoms with Crippen LogP contribution >= 0.6 is 0 Å². The van der Waals surface area contributed by atoms with Gasteiger partial charge in [0.1, 0.15) is 11.5 Å². The number of methoxy groups -OCH3 is 1. The summed E-state index contributed by atoms with van der Waals surface area (Å²) in [5.74, 6) is 0.996. The van der Waals surface area contributed by atoms with Gasteiger partial charge in [-0.25, -0.2) is 0 Å². The largest absolute Gasteiger partial charge is 0.507 e. The number of aromatic hydroxyl groups is 1. The number of benzene rings is 1. The molecule has 0 spiro atoms. The summed E-state index contributed by atoms with van der Waals surface area (Å²) in [7, 11) is 3.69. The van der Waals surface area contributed by atoms with E-state index >= 15 is 0 Å². The lowest BCUT2D eigenvalue weighted by molar-refractivity contribution is 0.234. The van der Waals surface area contributed by atoms with Crippen molar-refractivity contribution >= 4 is 0 Å². The third-order valence-corrected chi connectivity index (χ3v) is 3.17. The van der Waals surface area contributed by atoms with Crippen LogP contribution in [0.15, 0.2) is 18.2 Å². The second-order valence-corrected chi connectivity index (χ2v) is 4.55. The van der Waals surface area contributed by atoms with E-state index in [0.29, 0.717) is 17.5 Å². The molecule has 1 atom stereocenters. The third-order valence-electron chi connectivity index (χ3n) is 3.17. The van der Waals surface area contributed by atoms with Crippen molar-refractivity contribution < 1.29 is 9.84 Å². The van der Waals surface area contributed by atoms with Gasteiger partial charge in [0.25, 0.3) is 0 Å². The van der Waals surface area contributed by atoms with E-state index in [1.54, 1.807) is 13.2 Å². The Kier molecular flexibility index (Phi) is 5.29. The Labute approximate surface area is 104 Å². The zero-order valence-corrected chi connectivity index (χ0v) is 11.2. The predicted octanol–water partition coefficient (Wildman–Crippen LogP) is 3.02. The van der Waals surface area contributed by atoms with Gasteiger partial charge in [0.05, 0.1) is 7.11 Å². The molecular formula is C14H23NO2. The van der Waals surface area contributed by atoms with E-state index in [2.05, 4.69) is 25.8 Å². The van der Waals surface area contributed by atoms with E-state index in [1.165, 1.54) is 12.8 Å². The van der Waals surface area contributed by atoms with Crippen LogP contribution in [0.3, 0.4) is 0 Å². The highest BCUT2D eigenvalue weighted by atomic mass is 16.5. The Balaban J connectivity index is 2.68. The van der Waals surface area contributed by atoms with Crippen LogP contribution in [0.25, 0.3) is 0 Å². The molecule has 0 bridgehead atoms. The number of nitrogens with zero attached hydrogens (tertiary/aromatic N) is 1. The summed E-state index contributed by atoms with van der Waals surface area (Å²) in [5.41, 5.74) is 0.941. The molecule has 3 heteroatoms. The molecule has 0 aromatic heterocycles. The number of hydrogen-bond acceptors (Lipinski definition) is 3. The summed E-state index contributed by atoms with van der Waals surface area (Å²) in [6.07, 6.45) is 2.35. The van der Waals surface area contributed by atoms with Gasteiger partial charge in [-0.1, -0.05) is 19.4 Å². The fourth-order valence-corrected chi connectivity index (χ4v) is 1.87. The first-order chi connectivity index (χ1) is 8.08. The van der Waals surface area contributed by atoms with Gasteiger partial charge >= 0.3 is 0 Å². The molecule has 0 aliphatic carbocycles. The molecule has 0 fully saturated rings. The van der Waals surface area contributed by atoms with Gasteiger partial charge in [-0.2, -0.15) is 0 Å². The molecule has 1 unspecified atom stereocenters. The molecule has 0 aliphatic heterocycles. The molecule has 0 saturated carbocycles. The number of rotatable bonds is 6. The van der Waals surface area contributed by atoms with Crippen LogP contribution in [0.2, 0.25) is 0 Å². The number of phenolic OH excluding ortho intramolecular Hbond substituents is 1. The predicted molar refractivity (Wildman–Crippen MR) is 70.5 cm³/mol. The second-order valence-electron chi connectivity index (χ2n) is 4.55. The lowest BCUT2D eigenvalue weighted by atomic mass is 10.1. The van der Waals surface area contributed by atoms with E-state index in [1.807, 2.05) is 12.1 Å². The zero-order valence-electron chi connectivity index (χ0n) is 11.2. The van der Waals surface area contributed by atoms with E-state index in [0.717, 1.165) is 12.1 Å². The molecule has 96 valence electrons. The normalized spacial score (nSPS) is 12.8. The number of ether oxygens (including phenoxy) is 1. The van der Waals surface area contributed by atoms with Crippen molar-refractivity contribution in [2.24, 2.45) is 0 Å². The van der Waals surface area contributed by atoms with Crippen molar-refractivity contribution in [3.8, 4) is 11.5 Å². The smallest absolute Gasteiger partial charge is 0.123 e. The van der Waals surface area contributed by atoms with Gasteiger partial charge in [0, 0.05) is 24.2 Å². The zero-order chi connectivity index (χ0) is 12.8. The Morgan fingerprint density at radius 1 is 1.41 bits per heavy atom. The number of hydrogen-bond donors (Lipinski definition) is 1. The summed E-state index contributed by atoms with van der Waals surface area (Å²) in [6, 6.07) is 5.99. The topological polar surface area (TPSA) is 32.7 Å². The fraction of sp³-hybridized carbons (Fsp3) is 0.571. The Bertz CT molecular complexity index is 352. The minimum atomic E-state index is 0.305. The monoisotopic (exact) mass is 237 g/mol. The molecule has 0 aliphatic rings. The van der Waals surface area contributed by atoms with Crippen LogP contribution < -0.4 is 4.74 Å². The third kappa shape index (κ3) is 3.93. The highest BCUT2D eigenvalue weighted by Crippen LogP contribution is 2.25. The molecule has 0 amide bonds. The summed E-state index contributed by atoms with van der Waals surface area (Å²) in [5, 5.41) is 9.88. The van der Waals surface area contributed by atoms with E-state index in [4.69, 9.17) is 4.74 Å². The van der Waals surface area contributed by atoms with Gasteiger partial charge < -0.3 is 9.84 Å². The van der Waals surface area contributed by atoms with Gasteiger partial charge in [-0.15, -0.1) is 0 Å². The Morgan fingerprint density at radius 3 is 2.65 bits per heavy atom. The van der Waals surface area contributed by atoms with Crippen LogP contribution in [-0.2, 0) is 6.54 Å². The molecule has 17 heavy (non-hydrogen) atoms. The summed E-state index contributed by atoms with van der Waals surface area (Å²) < 4.78 is 5.07.